The predicted octanol–water partition coefficient (Wildman–Crippen LogP) is 2.48. The molecular weight excluding hydrogens is 285 g/mol. The number of halogens is 3. The van der Waals surface area contributed by atoms with Crippen LogP contribution >= 0.6 is 0 Å². The van der Waals surface area contributed by atoms with Crippen molar-refractivity contribution in [1.29, 1.82) is 0 Å². The molecule has 0 bridgehead atoms. The van der Waals surface area contributed by atoms with E-state index in [0.29, 0.717) is 12.8 Å². The van der Waals surface area contributed by atoms with Gasteiger partial charge in [0.05, 0.1) is 6.42 Å². The van der Waals surface area contributed by atoms with Crippen LogP contribution in [0.3, 0.4) is 0 Å². The molecule has 0 aromatic carbocycles. The standard InChI is InChI=1S/C14H23F3N2O2/c1-5-9(3)10-11(20)18-13(4,6-2)12(21)19(10)8-7-14(15,16)17/h9-10H,5-8H2,1-4H3,(H,18,20). The van der Waals surface area contributed by atoms with E-state index in [9.17, 15) is 22.8 Å². The van der Waals surface area contributed by atoms with Crippen molar-refractivity contribution in [3.8, 4) is 0 Å². The SMILES string of the molecule is CCC(C)C1C(=O)NC(C)(CC)C(=O)N1CCC(F)(F)F. The third kappa shape index (κ3) is 3.89. The van der Waals surface area contributed by atoms with Crippen LogP contribution in [0, 0.1) is 5.92 Å². The first kappa shape index (κ1) is 17.8. The Balaban J connectivity index is 3.06. The second-order valence-electron chi connectivity index (χ2n) is 5.87. The third-order valence-electron chi connectivity index (χ3n) is 4.26. The molecule has 1 N–H and O–H groups in total. The molecule has 7 heteroatoms. The van der Waals surface area contributed by atoms with Crippen LogP contribution in [0.4, 0.5) is 13.2 Å². The van der Waals surface area contributed by atoms with Crippen LogP contribution in [0.5, 0.6) is 0 Å². The average molecular weight is 308 g/mol. The summed E-state index contributed by atoms with van der Waals surface area (Å²) in [4.78, 5) is 25.9. The molecule has 0 radical (unpaired) electrons. The number of nitrogens with zero attached hydrogens (tertiary/aromatic N) is 1. The minimum absolute atomic E-state index is 0.191. The van der Waals surface area contributed by atoms with E-state index in [0.717, 1.165) is 4.90 Å². The third-order valence-corrected chi connectivity index (χ3v) is 4.26. The van der Waals surface area contributed by atoms with Gasteiger partial charge in [0, 0.05) is 6.54 Å². The highest BCUT2D eigenvalue weighted by molar-refractivity contribution is 5.99. The zero-order valence-corrected chi connectivity index (χ0v) is 12.9. The van der Waals surface area contributed by atoms with Crippen molar-refractivity contribution in [2.24, 2.45) is 5.92 Å². The maximum atomic E-state index is 12.5. The summed E-state index contributed by atoms with van der Waals surface area (Å²) in [7, 11) is 0. The van der Waals surface area contributed by atoms with Crippen molar-refractivity contribution < 1.29 is 22.8 Å². The zero-order valence-electron chi connectivity index (χ0n) is 12.9. The largest absolute Gasteiger partial charge is 0.390 e. The lowest BCUT2D eigenvalue weighted by Gasteiger charge is -2.46. The second kappa shape index (κ2) is 6.23. The fraction of sp³-hybridized carbons (Fsp3) is 0.857. The van der Waals surface area contributed by atoms with Gasteiger partial charge < -0.3 is 10.2 Å². The quantitative estimate of drug-likeness (QED) is 0.848. The Labute approximate surface area is 123 Å². The number of piperazine rings is 1. The maximum absolute atomic E-state index is 12.5. The van der Waals surface area contributed by atoms with Gasteiger partial charge in [0.1, 0.15) is 11.6 Å². The minimum atomic E-state index is -4.35. The molecule has 1 aliphatic heterocycles. The number of carbonyl (C=O) groups is 2. The molecule has 0 saturated carbocycles. The normalized spacial score (nSPS) is 28.5. The van der Waals surface area contributed by atoms with Gasteiger partial charge in [-0.15, -0.1) is 0 Å². The van der Waals surface area contributed by atoms with E-state index in [2.05, 4.69) is 5.32 Å². The summed E-state index contributed by atoms with van der Waals surface area (Å²) in [5.74, 6) is -0.988. The molecule has 0 aromatic rings. The van der Waals surface area contributed by atoms with Crippen LogP contribution in [0.25, 0.3) is 0 Å². The van der Waals surface area contributed by atoms with Gasteiger partial charge >= 0.3 is 6.18 Å². The van der Waals surface area contributed by atoms with Crippen molar-refractivity contribution in [3.63, 3.8) is 0 Å². The van der Waals surface area contributed by atoms with Crippen LogP contribution in [0.1, 0.15) is 47.0 Å². The van der Waals surface area contributed by atoms with Crippen LogP contribution in [0.15, 0.2) is 0 Å². The summed E-state index contributed by atoms with van der Waals surface area (Å²) in [6.07, 6.45) is -4.50. The van der Waals surface area contributed by atoms with Crippen LogP contribution in [-0.2, 0) is 9.59 Å². The number of hydrogen-bond donors (Lipinski definition) is 1. The van der Waals surface area contributed by atoms with Gasteiger partial charge in [-0.25, -0.2) is 0 Å². The summed E-state index contributed by atoms with van der Waals surface area (Å²) in [6, 6.07) is -0.829. The minimum Gasteiger partial charge on any atom is -0.340 e. The molecule has 0 aromatic heterocycles. The molecule has 0 spiro atoms. The summed E-state index contributed by atoms with van der Waals surface area (Å²) in [6.45, 7) is 6.43. The first-order valence-corrected chi connectivity index (χ1v) is 7.25. The first-order valence-electron chi connectivity index (χ1n) is 7.25. The highest BCUT2D eigenvalue weighted by Crippen LogP contribution is 2.29. The fourth-order valence-electron chi connectivity index (χ4n) is 2.50. The van der Waals surface area contributed by atoms with E-state index in [1.807, 2.05) is 6.92 Å². The number of amides is 2. The summed E-state index contributed by atoms with van der Waals surface area (Å²) in [5.41, 5.74) is -1.12. The number of alkyl halides is 3. The highest BCUT2D eigenvalue weighted by Gasteiger charge is 2.48. The lowest BCUT2D eigenvalue weighted by molar-refractivity contribution is -0.164. The average Bonchev–Trinajstić information content (AvgIpc) is 2.39. The van der Waals surface area contributed by atoms with E-state index in [1.54, 1.807) is 20.8 Å². The van der Waals surface area contributed by atoms with E-state index in [-0.39, 0.29) is 11.8 Å². The zero-order chi connectivity index (χ0) is 16.4. The number of carbonyl (C=O) groups excluding carboxylic acids is 2. The van der Waals surface area contributed by atoms with Crippen LogP contribution < -0.4 is 5.32 Å². The van der Waals surface area contributed by atoms with Crippen molar-refractivity contribution in [1.82, 2.24) is 10.2 Å². The van der Waals surface area contributed by atoms with Crippen LogP contribution in [-0.4, -0.2) is 41.0 Å². The van der Waals surface area contributed by atoms with Crippen molar-refractivity contribution in [2.75, 3.05) is 6.54 Å². The van der Waals surface area contributed by atoms with Gasteiger partial charge in [-0.1, -0.05) is 27.2 Å². The Morgan fingerprint density at radius 2 is 1.90 bits per heavy atom. The molecule has 4 nitrogen and oxygen atoms in total. The van der Waals surface area contributed by atoms with Crippen molar-refractivity contribution >= 4 is 11.8 Å². The van der Waals surface area contributed by atoms with E-state index in [4.69, 9.17) is 0 Å². The van der Waals surface area contributed by atoms with Crippen molar-refractivity contribution in [3.05, 3.63) is 0 Å². The molecule has 3 unspecified atom stereocenters. The molecule has 1 heterocycles. The summed E-state index contributed by atoms with van der Waals surface area (Å²) >= 11 is 0. The van der Waals surface area contributed by atoms with Gasteiger partial charge in [0.2, 0.25) is 11.8 Å². The van der Waals surface area contributed by atoms with Gasteiger partial charge in [0.25, 0.3) is 0 Å². The molecule has 1 saturated heterocycles. The molecule has 2 amide bonds. The first-order chi connectivity index (χ1) is 9.55. The lowest BCUT2D eigenvalue weighted by atomic mass is 9.87. The predicted molar refractivity (Wildman–Crippen MR) is 72.5 cm³/mol. The summed E-state index contributed by atoms with van der Waals surface area (Å²) < 4.78 is 37.4. The fourth-order valence-corrected chi connectivity index (χ4v) is 2.50. The highest BCUT2D eigenvalue weighted by atomic mass is 19.4. The number of rotatable bonds is 5. The smallest absolute Gasteiger partial charge is 0.340 e. The molecule has 1 rings (SSSR count). The maximum Gasteiger partial charge on any atom is 0.390 e. The topological polar surface area (TPSA) is 49.4 Å². The van der Waals surface area contributed by atoms with Crippen LogP contribution in [0.2, 0.25) is 0 Å². The Morgan fingerprint density at radius 3 is 2.33 bits per heavy atom. The van der Waals surface area contributed by atoms with Gasteiger partial charge in [-0.2, -0.15) is 13.2 Å². The molecule has 0 aliphatic carbocycles. The Bertz CT molecular complexity index is 412. The number of hydrogen-bond acceptors (Lipinski definition) is 2. The molecule has 21 heavy (non-hydrogen) atoms. The van der Waals surface area contributed by atoms with E-state index in [1.165, 1.54) is 0 Å². The number of nitrogens with one attached hydrogen (secondary N) is 1. The summed E-state index contributed by atoms with van der Waals surface area (Å²) in [5, 5.41) is 2.67. The Kier molecular flexibility index (Phi) is 5.28. The Morgan fingerprint density at radius 1 is 1.33 bits per heavy atom. The molecule has 122 valence electrons. The monoisotopic (exact) mass is 308 g/mol. The molecule has 1 fully saturated rings. The molecule has 3 atom stereocenters. The Hall–Kier alpha value is -1.27. The van der Waals surface area contributed by atoms with Gasteiger partial charge in [-0.05, 0) is 19.3 Å². The second-order valence-corrected chi connectivity index (χ2v) is 5.87. The lowest BCUT2D eigenvalue weighted by Crippen LogP contribution is -2.70. The van der Waals surface area contributed by atoms with E-state index >= 15 is 0 Å². The van der Waals surface area contributed by atoms with E-state index < -0.39 is 36.6 Å². The molecule has 1 aliphatic rings. The molecular formula is C14H23F3N2O2. The van der Waals surface area contributed by atoms with Crippen molar-refractivity contribution in [2.45, 2.75) is 64.7 Å². The van der Waals surface area contributed by atoms with Gasteiger partial charge in [-0.3, -0.25) is 9.59 Å². The van der Waals surface area contributed by atoms with Gasteiger partial charge in [0.15, 0.2) is 0 Å².